The first-order valence-corrected chi connectivity index (χ1v) is 7.65. The van der Waals surface area contributed by atoms with Crippen LogP contribution in [0.5, 0.6) is 0 Å². The average molecular weight is 303 g/mol. The van der Waals surface area contributed by atoms with Gasteiger partial charge in [0.2, 0.25) is 0 Å². The molecule has 0 aliphatic heterocycles. The number of likely N-dealkylation sites (N-methyl/N-ethyl adjacent to an activating group) is 1. The molecule has 0 saturated carbocycles. The summed E-state index contributed by atoms with van der Waals surface area (Å²) in [4.78, 5) is 0. The van der Waals surface area contributed by atoms with Crippen LogP contribution in [-0.2, 0) is 6.42 Å². The van der Waals surface area contributed by atoms with Crippen molar-refractivity contribution < 1.29 is 8.78 Å². The fraction of sp³-hybridized carbons (Fsp3) is 0.176. The minimum atomic E-state index is -0.506. The first-order valence-electron chi connectivity index (χ1n) is 6.77. The Kier molecular flexibility index (Phi) is 3.99. The first-order chi connectivity index (χ1) is 10.2. The largest absolute Gasteiger partial charge is 0.313 e. The van der Waals surface area contributed by atoms with E-state index in [-0.39, 0.29) is 11.6 Å². The third-order valence-electron chi connectivity index (χ3n) is 3.68. The molecule has 0 saturated heterocycles. The lowest BCUT2D eigenvalue weighted by Gasteiger charge is -2.18. The summed E-state index contributed by atoms with van der Waals surface area (Å²) in [7, 11) is 1.73. The highest BCUT2D eigenvalue weighted by Gasteiger charge is 2.20. The summed E-state index contributed by atoms with van der Waals surface area (Å²) in [5.74, 6) is -1.01. The zero-order chi connectivity index (χ0) is 14.8. The van der Waals surface area contributed by atoms with Gasteiger partial charge in [-0.3, -0.25) is 0 Å². The number of hydrogen-bond acceptors (Lipinski definition) is 2. The van der Waals surface area contributed by atoms with Crippen LogP contribution in [0, 0.1) is 11.6 Å². The van der Waals surface area contributed by atoms with Crippen molar-refractivity contribution in [2.75, 3.05) is 7.05 Å². The van der Waals surface area contributed by atoms with E-state index in [0.29, 0.717) is 6.42 Å². The minimum absolute atomic E-state index is 0.107. The molecular weight excluding hydrogens is 288 g/mol. The molecule has 1 unspecified atom stereocenters. The minimum Gasteiger partial charge on any atom is -0.313 e. The third kappa shape index (κ3) is 2.69. The Balaban J connectivity index is 1.98. The Morgan fingerprint density at radius 2 is 1.76 bits per heavy atom. The molecule has 0 spiro atoms. The van der Waals surface area contributed by atoms with E-state index < -0.39 is 11.6 Å². The van der Waals surface area contributed by atoms with Crippen molar-refractivity contribution in [1.29, 1.82) is 0 Å². The lowest BCUT2D eigenvalue weighted by molar-refractivity contribution is 0.490. The molecule has 3 aromatic rings. The van der Waals surface area contributed by atoms with Crippen LogP contribution in [0.2, 0.25) is 0 Å². The van der Waals surface area contributed by atoms with Gasteiger partial charge in [-0.25, -0.2) is 8.78 Å². The molecule has 0 fully saturated rings. The number of hydrogen-bond donors (Lipinski definition) is 1. The maximum absolute atomic E-state index is 14.0. The van der Waals surface area contributed by atoms with E-state index in [9.17, 15) is 8.78 Å². The SMILES string of the molecule is CNC(Cc1csc2ccccc12)c1c(F)cccc1F. The van der Waals surface area contributed by atoms with E-state index >= 15 is 0 Å². The zero-order valence-corrected chi connectivity index (χ0v) is 12.4. The molecule has 0 amide bonds. The van der Waals surface area contributed by atoms with Gasteiger partial charge >= 0.3 is 0 Å². The molecular formula is C17H15F2NS. The molecule has 108 valence electrons. The predicted octanol–water partition coefficient (Wildman–Crippen LogP) is 4.68. The lowest BCUT2D eigenvalue weighted by atomic mass is 9.97. The monoisotopic (exact) mass is 303 g/mol. The Bertz CT molecular complexity index is 746. The summed E-state index contributed by atoms with van der Waals surface area (Å²) in [6.45, 7) is 0. The topological polar surface area (TPSA) is 12.0 Å². The third-order valence-corrected chi connectivity index (χ3v) is 4.69. The van der Waals surface area contributed by atoms with E-state index in [4.69, 9.17) is 0 Å². The number of fused-ring (bicyclic) bond motifs is 1. The molecule has 0 radical (unpaired) electrons. The quantitative estimate of drug-likeness (QED) is 0.738. The summed E-state index contributed by atoms with van der Waals surface area (Å²) in [6, 6.07) is 11.7. The van der Waals surface area contributed by atoms with Crippen LogP contribution in [0.3, 0.4) is 0 Å². The van der Waals surface area contributed by atoms with Crippen LogP contribution in [0.1, 0.15) is 17.2 Å². The van der Waals surface area contributed by atoms with E-state index in [0.717, 1.165) is 10.9 Å². The van der Waals surface area contributed by atoms with Crippen molar-refractivity contribution >= 4 is 21.4 Å². The van der Waals surface area contributed by atoms with Crippen LogP contribution in [0.15, 0.2) is 47.8 Å². The smallest absolute Gasteiger partial charge is 0.130 e. The van der Waals surface area contributed by atoms with Crippen molar-refractivity contribution in [3.63, 3.8) is 0 Å². The maximum atomic E-state index is 14.0. The number of nitrogens with one attached hydrogen (secondary N) is 1. The van der Waals surface area contributed by atoms with Crippen LogP contribution in [0.4, 0.5) is 8.78 Å². The number of thiophene rings is 1. The maximum Gasteiger partial charge on any atom is 0.130 e. The Morgan fingerprint density at radius 3 is 2.48 bits per heavy atom. The predicted molar refractivity (Wildman–Crippen MR) is 83.7 cm³/mol. The second-order valence-electron chi connectivity index (χ2n) is 4.94. The fourth-order valence-electron chi connectivity index (χ4n) is 2.60. The molecule has 1 N–H and O–H groups in total. The van der Waals surface area contributed by atoms with Crippen molar-refractivity contribution in [3.8, 4) is 0 Å². The van der Waals surface area contributed by atoms with E-state index in [1.54, 1.807) is 18.4 Å². The van der Waals surface area contributed by atoms with Gasteiger partial charge < -0.3 is 5.32 Å². The van der Waals surface area contributed by atoms with E-state index in [1.807, 2.05) is 18.2 Å². The van der Waals surface area contributed by atoms with Crippen LogP contribution in [-0.4, -0.2) is 7.05 Å². The normalized spacial score (nSPS) is 12.7. The fourth-order valence-corrected chi connectivity index (χ4v) is 3.58. The highest BCUT2D eigenvalue weighted by atomic mass is 32.1. The van der Waals surface area contributed by atoms with Crippen molar-refractivity contribution in [2.45, 2.75) is 12.5 Å². The van der Waals surface area contributed by atoms with Gasteiger partial charge in [-0.2, -0.15) is 0 Å². The summed E-state index contributed by atoms with van der Waals surface area (Å²) in [6.07, 6.45) is 0.554. The summed E-state index contributed by atoms with van der Waals surface area (Å²) in [5, 5.41) is 6.24. The standard InChI is InChI=1S/C17H15F2NS/c1-20-15(17-13(18)6-4-7-14(17)19)9-11-10-21-16-8-3-2-5-12(11)16/h2-8,10,15,20H,9H2,1H3. The van der Waals surface area contributed by atoms with Crippen LogP contribution in [0.25, 0.3) is 10.1 Å². The highest BCUT2D eigenvalue weighted by molar-refractivity contribution is 7.17. The van der Waals surface area contributed by atoms with Crippen molar-refractivity contribution in [1.82, 2.24) is 5.32 Å². The summed E-state index contributed by atoms with van der Waals surface area (Å²) in [5.41, 5.74) is 1.22. The average Bonchev–Trinajstić information content (AvgIpc) is 2.89. The number of rotatable bonds is 4. The van der Waals surface area contributed by atoms with Crippen LogP contribution < -0.4 is 5.32 Å². The Hall–Kier alpha value is -1.78. The molecule has 21 heavy (non-hydrogen) atoms. The Morgan fingerprint density at radius 1 is 1.05 bits per heavy atom. The first kappa shape index (κ1) is 14.2. The molecule has 2 aromatic carbocycles. The van der Waals surface area contributed by atoms with Gasteiger partial charge in [-0.05, 0) is 48.0 Å². The van der Waals surface area contributed by atoms with E-state index in [1.165, 1.54) is 22.9 Å². The van der Waals surface area contributed by atoms with E-state index in [2.05, 4.69) is 16.8 Å². The van der Waals surface area contributed by atoms with Gasteiger partial charge in [0.05, 0.1) is 0 Å². The number of halogens is 2. The Labute approximate surface area is 126 Å². The van der Waals surface area contributed by atoms with Gasteiger partial charge in [0, 0.05) is 16.3 Å². The molecule has 3 rings (SSSR count). The molecule has 1 heterocycles. The second kappa shape index (κ2) is 5.92. The zero-order valence-electron chi connectivity index (χ0n) is 11.6. The van der Waals surface area contributed by atoms with Crippen molar-refractivity contribution in [2.24, 2.45) is 0 Å². The molecule has 1 nitrogen and oxygen atoms in total. The second-order valence-corrected chi connectivity index (χ2v) is 5.85. The van der Waals surface area contributed by atoms with Gasteiger partial charge in [-0.15, -0.1) is 11.3 Å². The molecule has 0 bridgehead atoms. The molecule has 0 aliphatic carbocycles. The van der Waals surface area contributed by atoms with Gasteiger partial charge in [0.15, 0.2) is 0 Å². The van der Waals surface area contributed by atoms with Gasteiger partial charge in [0.25, 0.3) is 0 Å². The molecule has 4 heteroatoms. The molecule has 1 atom stereocenters. The number of benzene rings is 2. The summed E-state index contributed by atoms with van der Waals surface area (Å²) >= 11 is 1.65. The highest BCUT2D eigenvalue weighted by Crippen LogP contribution is 2.30. The van der Waals surface area contributed by atoms with Crippen molar-refractivity contribution in [3.05, 3.63) is 70.6 Å². The summed E-state index contributed by atoms with van der Waals surface area (Å²) < 4.78 is 29.1. The van der Waals surface area contributed by atoms with Gasteiger partial charge in [0.1, 0.15) is 11.6 Å². The molecule has 0 aliphatic rings. The molecule has 1 aromatic heterocycles. The lowest BCUT2D eigenvalue weighted by Crippen LogP contribution is -2.21. The van der Waals surface area contributed by atoms with Gasteiger partial charge in [-0.1, -0.05) is 24.3 Å². The van der Waals surface area contributed by atoms with Crippen LogP contribution >= 0.6 is 11.3 Å².